The molecule has 0 amide bonds. The molecule has 5 nitrogen and oxygen atoms in total. The van der Waals surface area contributed by atoms with E-state index in [9.17, 15) is 8.42 Å². The fourth-order valence-electron chi connectivity index (χ4n) is 3.98. The molecule has 0 atom stereocenters. The highest BCUT2D eigenvalue weighted by molar-refractivity contribution is 7.89. The van der Waals surface area contributed by atoms with Crippen molar-refractivity contribution < 1.29 is 17.9 Å². The van der Waals surface area contributed by atoms with Crippen LogP contribution in [0.1, 0.15) is 48.6 Å². The Morgan fingerprint density at radius 1 is 0.897 bits per heavy atom. The lowest BCUT2D eigenvalue weighted by atomic mass is 9.85. The molecule has 0 radical (unpaired) electrons. The van der Waals surface area contributed by atoms with Gasteiger partial charge in [0.15, 0.2) is 11.5 Å². The van der Waals surface area contributed by atoms with E-state index in [1.54, 1.807) is 18.5 Å². The van der Waals surface area contributed by atoms with Crippen molar-refractivity contribution in [2.45, 2.75) is 57.9 Å². The van der Waals surface area contributed by atoms with E-state index in [-0.39, 0.29) is 5.41 Å². The molecule has 0 unspecified atom stereocenters. The molecule has 2 aromatic rings. The molecule has 0 saturated carbocycles. The van der Waals surface area contributed by atoms with Crippen molar-refractivity contribution in [1.82, 2.24) is 4.31 Å². The maximum atomic E-state index is 13.5. The smallest absolute Gasteiger partial charge is 0.243 e. The normalized spacial score (nSPS) is 15.1. The molecule has 0 N–H and O–H groups in total. The van der Waals surface area contributed by atoms with Crippen LogP contribution in [0.5, 0.6) is 11.5 Å². The van der Waals surface area contributed by atoms with E-state index >= 15 is 0 Å². The Kier molecular flexibility index (Phi) is 5.71. The lowest BCUT2D eigenvalue weighted by Crippen LogP contribution is -2.36. The summed E-state index contributed by atoms with van der Waals surface area (Å²) in [7, 11) is -0.406. The zero-order valence-corrected chi connectivity index (χ0v) is 19.2. The van der Waals surface area contributed by atoms with Gasteiger partial charge in [0.25, 0.3) is 0 Å². The van der Waals surface area contributed by atoms with Crippen LogP contribution in [0.2, 0.25) is 0 Å². The fraction of sp³-hybridized carbons (Fsp3) is 0.478. The third-order valence-electron chi connectivity index (χ3n) is 5.61. The summed E-state index contributed by atoms with van der Waals surface area (Å²) in [5.74, 6) is 1.29. The van der Waals surface area contributed by atoms with Crippen molar-refractivity contribution in [2.24, 2.45) is 0 Å². The van der Waals surface area contributed by atoms with Crippen LogP contribution in [0.25, 0.3) is 0 Å². The van der Waals surface area contributed by atoms with Crippen LogP contribution in [-0.2, 0) is 28.4 Å². The Balaban J connectivity index is 2.00. The highest BCUT2D eigenvalue weighted by atomic mass is 32.2. The maximum Gasteiger partial charge on any atom is 0.243 e. The molecule has 158 valence electrons. The average Bonchev–Trinajstić information content (AvgIpc) is 2.64. The minimum Gasteiger partial charge on any atom is -0.493 e. The van der Waals surface area contributed by atoms with Crippen LogP contribution in [-0.4, -0.2) is 33.5 Å². The van der Waals surface area contributed by atoms with E-state index in [0.29, 0.717) is 35.9 Å². The van der Waals surface area contributed by atoms with E-state index in [1.807, 2.05) is 38.1 Å². The van der Waals surface area contributed by atoms with Gasteiger partial charge in [-0.05, 0) is 65.6 Å². The van der Waals surface area contributed by atoms with Crippen LogP contribution < -0.4 is 9.47 Å². The quantitative estimate of drug-likeness (QED) is 0.741. The second-order valence-corrected chi connectivity index (χ2v) is 10.6. The molecule has 29 heavy (non-hydrogen) atoms. The summed E-state index contributed by atoms with van der Waals surface area (Å²) < 4.78 is 39.4. The molecule has 1 aliphatic heterocycles. The van der Waals surface area contributed by atoms with Crippen LogP contribution in [0.4, 0.5) is 0 Å². The lowest BCUT2D eigenvalue weighted by Gasteiger charge is -2.30. The van der Waals surface area contributed by atoms with Gasteiger partial charge in [0.1, 0.15) is 0 Å². The molecule has 3 rings (SSSR count). The van der Waals surface area contributed by atoms with Crippen molar-refractivity contribution in [3.05, 3.63) is 52.1 Å². The summed E-state index contributed by atoms with van der Waals surface area (Å²) in [6.07, 6.45) is 0.646. The first-order valence-corrected chi connectivity index (χ1v) is 11.3. The van der Waals surface area contributed by atoms with Crippen molar-refractivity contribution in [2.75, 3.05) is 20.8 Å². The molecule has 0 fully saturated rings. The SMILES string of the molecule is COc1cc2c(cc1OC)CN(S(=O)(=O)c1c(C)cc(C(C)(C)C)cc1C)CC2. The van der Waals surface area contributed by atoms with Crippen molar-refractivity contribution in [3.8, 4) is 11.5 Å². The maximum absolute atomic E-state index is 13.5. The van der Waals surface area contributed by atoms with Gasteiger partial charge in [0.05, 0.1) is 19.1 Å². The molecule has 0 aliphatic carbocycles. The van der Waals surface area contributed by atoms with Gasteiger partial charge in [-0.25, -0.2) is 8.42 Å². The topological polar surface area (TPSA) is 55.8 Å². The van der Waals surface area contributed by atoms with E-state index in [0.717, 1.165) is 27.8 Å². The first kappa shape index (κ1) is 21.7. The molecular weight excluding hydrogens is 386 g/mol. The van der Waals surface area contributed by atoms with Gasteiger partial charge in [-0.2, -0.15) is 4.31 Å². The summed E-state index contributed by atoms with van der Waals surface area (Å²) in [6.45, 7) is 11.0. The fourth-order valence-corrected chi connectivity index (χ4v) is 5.81. The number of ether oxygens (including phenoxy) is 2. The number of methoxy groups -OCH3 is 2. The number of aryl methyl sites for hydroxylation is 2. The predicted octanol–water partition coefficient (Wildman–Crippen LogP) is 4.37. The average molecular weight is 418 g/mol. The summed E-state index contributed by atoms with van der Waals surface area (Å²) in [5.41, 5.74) is 4.77. The second kappa shape index (κ2) is 7.65. The minimum atomic E-state index is -3.60. The second-order valence-electron chi connectivity index (χ2n) is 8.75. The number of benzene rings is 2. The molecular formula is C23H31NO4S. The lowest BCUT2D eigenvalue weighted by molar-refractivity contribution is 0.348. The third-order valence-corrected chi connectivity index (χ3v) is 7.76. The molecule has 2 aromatic carbocycles. The molecule has 0 aromatic heterocycles. The Labute approximate surface area is 174 Å². The Morgan fingerprint density at radius 3 is 1.90 bits per heavy atom. The molecule has 0 saturated heterocycles. The van der Waals surface area contributed by atoms with Gasteiger partial charge in [-0.3, -0.25) is 0 Å². The number of nitrogens with zero attached hydrogens (tertiary/aromatic N) is 1. The van der Waals surface area contributed by atoms with Gasteiger partial charge in [-0.1, -0.05) is 32.9 Å². The van der Waals surface area contributed by atoms with Gasteiger partial charge < -0.3 is 9.47 Å². The van der Waals surface area contributed by atoms with Crippen LogP contribution in [0.15, 0.2) is 29.2 Å². The van der Waals surface area contributed by atoms with Gasteiger partial charge >= 0.3 is 0 Å². The Hall–Kier alpha value is -2.05. The van der Waals surface area contributed by atoms with Crippen LogP contribution in [0, 0.1) is 13.8 Å². The standard InChI is InChI=1S/C23H31NO4S/c1-15-10-19(23(3,4)5)11-16(2)22(15)29(25,26)24-9-8-17-12-20(27-6)21(28-7)13-18(17)14-24/h10-13H,8-9,14H2,1-7H3. The van der Waals surface area contributed by atoms with Crippen molar-refractivity contribution >= 4 is 10.0 Å². The van der Waals surface area contributed by atoms with E-state index in [4.69, 9.17) is 9.47 Å². The number of sulfonamides is 1. The van der Waals surface area contributed by atoms with E-state index in [2.05, 4.69) is 20.8 Å². The van der Waals surface area contributed by atoms with E-state index < -0.39 is 10.0 Å². The predicted molar refractivity (Wildman–Crippen MR) is 115 cm³/mol. The largest absolute Gasteiger partial charge is 0.493 e. The zero-order chi connectivity index (χ0) is 21.6. The number of hydrogen-bond donors (Lipinski definition) is 0. The van der Waals surface area contributed by atoms with E-state index in [1.165, 1.54) is 0 Å². The molecule has 6 heteroatoms. The summed E-state index contributed by atoms with van der Waals surface area (Å²) in [6, 6.07) is 7.85. The number of rotatable bonds is 4. The monoisotopic (exact) mass is 417 g/mol. The van der Waals surface area contributed by atoms with Crippen LogP contribution in [0.3, 0.4) is 0 Å². The highest BCUT2D eigenvalue weighted by Gasteiger charge is 2.32. The number of fused-ring (bicyclic) bond motifs is 1. The molecule has 1 aliphatic rings. The third kappa shape index (κ3) is 4.01. The van der Waals surface area contributed by atoms with Gasteiger partial charge in [-0.15, -0.1) is 0 Å². The molecule has 0 bridgehead atoms. The Bertz CT molecular complexity index is 1010. The molecule has 1 heterocycles. The first-order chi connectivity index (χ1) is 13.5. The number of hydrogen-bond acceptors (Lipinski definition) is 4. The molecule has 0 spiro atoms. The summed E-state index contributed by atoms with van der Waals surface area (Å²) in [5, 5.41) is 0. The first-order valence-electron chi connectivity index (χ1n) is 9.84. The minimum absolute atomic E-state index is 0.0303. The summed E-state index contributed by atoms with van der Waals surface area (Å²) in [4.78, 5) is 0.425. The Morgan fingerprint density at radius 2 is 1.41 bits per heavy atom. The summed E-state index contributed by atoms with van der Waals surface area (Å²) >= 11 is 0. The van der Waals surface area contributed by atoms with Crippen molar-refractivity contribution in [3.63, 3.8) is 0 Å². The zero-order valence-electron chi connectivity index (χ0n) is 18.4. The van der Waals surface area contributed by atoms with Gasteiger partial charge in [0.2, 0.25) is 10.0 Å². The highest BCUT2D eigenvalue weighted by Crippen LogP contribution is 2.36. The van der Waals surface area contributed by atoms with Crippen LogP contribution >= 0.6 is 0 Å². The van der Waals surface area contributed by atoms with Gasteiger partial charge in [0, 0.05) is 13.1 Å². The van der Waals surface area contributed by atoms with Crippen molar-refractivity contribution in [1.29, 1.82) is 0 Å².